The molecule has 0 radical (unpaired) electrons. The van der Waals surface area contributed by atoms with Crippen molar-refractivity contribution in [3.63, 3.8) is 0 Å². The molecule has 5 heteroatoms. The van der Waals surface area contributed by atoms with E-state index in [2.05, 4.69) is 10.2 Å². The van der Waals surface area contributed by atoms with E-state index >= 15 is 0 Å². The van der Waals surface area contributed by atoms with Crippen molar-refractivity contribution in [2.45, 2.75) is 0 Å². The van der Waals surface area contributed by atoms with Crippen molar-refractivity contribution >= 4 is 22.4 Å². The zero-order valence-electron chi connectivity index (χ0n) is 13.0. The lowest BCUT2D eigenvalue weighted by Crippen LogP contribution is -1.91. The second kappa shape index (κ2) is 6.49. The highest BCUT2D eigenvalue weighted by Crippen LogP contribution is 2.33. The molecule has 1 heterocycles. The standard InChI is InChI=1S/C20H12ClFN2O/c21-19-4-2-1-3-18(19)20-17-10-9-16(11-13(17)12-23-24-20)25-15-7-5-14(22)6-8-15/h1-12H. The van der Waals surface area contributed by atoms with E-state index < -0.39 is 0 Å². The van der Waals surface area contributed by atoms with Crippen molar-refractivity contribution in [3.8, 4) is 22.8 Å². The number of rotatable bonds is 3. The van der Waals surface area contributed by atoms with E-state index in [-0.39, 0.29) is 5.82 Å². The van der Waals surface area contributed by atoms with Gasteiger partial charge in [0.15, 0.2) is 0 Å². The Hall–Kier alpha value is -2.98. The van der Waals surface area contributed by atoms with E-state index in [4.69, 9.17) is 16.3 Å². The van der Waals surface area contributed by atoms with Crippen LogP contribution in [0.15, 0.2) is 72.9 Å². The van der Waals surface area contributed by atoms with Crippen LogP contribution in [0.3, 0.4) is 0 Å². The number of ether oxygens (including phenoxy) is 1. The maximum absolute atomic E-state index is 13.0. The quantitative estimate of drug-likeness (QED) is 0.462. The van der Waals surface area contributed by atoms with Crippen LogP contribution >= 0.6 is 11.6 Å². The number of hydrogen-bond acceptors (Lipinski definition) is 3. The first kappa shape index (κ1) is 15.5. The molecular weight excluding hydrogens is 339 g/mol. The lowest BCUT2D eigenvalue weighted by molar-refractivity contribution is 0.481. The zero-order chi connectivity index (χ0) is 17.2. The molecule has 3 aromatic carbocycles. The van der Waals surface area contributed by atoms with Gasteiger partial charge >= 0.3 is 0 Å². The van der Waals surface area contributed by atoms with E-state index in [0.29, 0.717) is 16.5 Å². The molecule has 25 heavy (non-hydrogen) atoms. The highest BCUT2D eigenvalue weighted by Gasteiger charge is 2.10. The topological polar surface area (TPSA) is 35.0 Å². The largest absolute Gasteiger partial charge is 0.457 e. The van der Waals surface area contributed by atoms with Gasteiger partial charge in [0.1, 0.15) is 23.0 Å². The summed E-state index contributed by atoms with van der Waals surface area (Å²) in [7, 11) is 0. The molecule has 4 rings (SSSR count). The van der Waals surface area contributed by atoms with Crippen LogP contribution in [-0.4, -0.2) is 10.2 Å². The molecule has 0 spiro atoms. The summed E-state index contributed by atoms with van der Waals surface area (Å²) in [4.78, 5) is 0. The summed E-state index contributed by atoms with van der Waals surface area (Å²) in [6.45, 7) is 0. The van der Waals surface area contributed by atoms with Gasteiger partial charge < -0.3 is 4.74 Å². The highest BCUT2D eigenvalue weighted by atomic mass is 35.5. The average molecular weight is 351 g/mol. The van der Waals surface area contributed by atoms with Gasteiger partial charge in [-0.25, -0.2) is 4.39 Å². The molecule has 0 N–H and O–H groups in total. The van der Waals surface area contributed by atoms with Crippen LogP contribution in [0.5, 0.6) is 11.5 Å². The summed E-state index contributed by atoms with van der Waals surface area (Å²) in [5.41, 5.74) is 1.55. The Morgan fingerprint density at radius 2 is 1.64 bits per heavy atom. The number of halogens is 2. The number of fused-ring (bicyclic) bond motifs is 1. The van der Waals surface area contributed by atoms with Crippen molar-refractivity contribution in [2.24, 2.45) is 0 Å². The summed E-state index contributed by atoms with van der Waals surface area (Å²) in [5.74, 6) is 0.900. The van der Waals surface area contributed by atoms with Gasteiger partial charge in [-0.1, -0.05) is 29.8 Å². The average Bonchev–Trinajstić information content (AvgIpc) is 2.63. The smallest absolute Gasteiger partial charge is 0.128 e. The lowest BCUT2D eigenvalue weighted by Gasteiger charge is -2.09. The van der Waals surface area contributed by atoms with Crippen LogP contribution in [0.1, 0.15) is 0 Å². The van der Waals surface area contributed by atoms with E-state index in [0.717, 1.165) is 22.0 Å². The number of aromatic nitrogens is 2. The molecule has 0 aliphatic carbocycles. The molecule has 122 valence electrons. The molecule has 0 saturated heterocycles. The minimum absolute atomic E-state index is 0.300. The van der Waals surface area contributed by atoms with Gasteiger partial charge in [0.05, 0.1) is 11.2 Å². The maximum Gasteiger partial charge on any atom is 0.128 e. The van der Waals surface area contributed by atoms with Crippen molar-refractivity contribution < 1.29 is 9.13 Å². The molecule has 0 aliphatic heterocycles. The van der Waals surface area contributed by atoms with Gasteiger partial charge in [-0.2, -0.15) is 5.10 Å². The Morgan fingerprint density at radius 1 is 0.880 bits per heavy atom. The maximum atomic E-state index is 13.0. The fraction of sp³-hybridized carbons (Fsp3) is 0. The predicted octanol–water partition coefficient (Wildman–Crippen LogP) is 5.88. The van der Waals surface area contributed by atoms with Crippen LogP contribution in [0, 0.1) is 5.82 Å². The van der Waals surface area contributed by atoms with Crippen LogP contribution in [0.2, 0.25) is 5.02 Å². The Morgan fingerprint density at radius 3 is 2.44 bits per heavy atom. The summed E-state index contributed by atoms with van der Waals surface area (Å²) in [5, 5.41) is 10.7. The van der Waals surface area contributed by atoms with Crippen molar-refractivity contribution in [2.75, 3.05) is 0 Å². The van der Waals surface area contributed by atoms with Crippen LogP contribution in [0.25, 0.3) is 22.0 Å². The first-order valence-corrected chi connectivity index (χ1v) is 8.02. The second-order valence-electron chi connectivity index (χ2n) is 5.48. The first-order valence-electron chi connectivity index (χ1n) is 7.64. The third-order valence-electron chi connectivity index (χ3n) is 3.81. The van der Waals surface area contributed by atoms with E-state index in [9.17, 15) is 4.39 Å². The Bertz CT molecular complexity index is 1050. The normalized spacial score (nSPS) is 10.8. The van der Waals surface area contributed by atoms with E-state index in [1.807, 2.05) is 42.5 Å². The molecule has 0 aliphatic rings. The van der Waals surface area contributed by atoms with Crippen molar-refractivity contribution in [1.82, 2.24) is 10.2 Å². The molecule has 1 aromatic heterocycles. The minimum atomic E-state index is -0.300. The molecule has 0 bridgehead atoms. The zero-order valence-corrected chi connectivity index (χ0v) is 13.7. The molecular formula is C20H12ClFN2O. The van der Waals surface area contributed by atoms with Gasteiger partial charge in [-0.15, -0.1) is 5.10 Å². The number of benzene rings is 3. The van der Waals surface area contributed by atoms with Gasteiger partial charge in [0.2, 0.25) is 0 Å². The molecule has 0 saturated carbocycles. The summed E-state index contributed by atoms with van der Waals surface area (Å²) < 4.78 is 18.8. The second-order valence-corrected chi connectivity index (χ2v) is 5.89. The fourth-order valence-corrected chi connectivity index (χ4v) is 2.85. The Kier molecular flexibility index (Phi) is 4.04. The summed E-state index contributed by atoms with van der Waals surface area (Å²) in [6.07, 6.45) is 1.67. The minimum Gasteiger partial charge on any atom is -0.457 e. The Balaban J connectivity index is 1.75. The van der Waals surface area contributed by atoms with Gasteiger partial charge in [0, 0.05) is 16.3 Å². The van der Waals surface area contributed by atoms with Crippen molar-refractivity contribution in [3.05, 3.63) is 83.8 Å². The first-order chi connectivity index (χ1) is 12.2. The van der Waals surface area contributed by atoms with Gasteiger partial charge in [-0.3, -0.25) is 0 Å². The Labute approximate surface area is 148 Å². The number of nitrogens with zero attached hydrogens (tertiary/aromatic N) is 2. The molecule has 0 atom stereocenters. The molecule has 3 nitrogen and oxygen atoms in total. The molecule has 0 unspecified atom stereocenters. The van der Waals surface area contributed by atoms with E-state index in [1.165, 1.54) is 12.1 Å². The summed E-state index contributed by atoms with van der Waals surface area (Å²) >= 11 is 6.29. The lowest BCUT2D eigenvalue weighted by atomic mass is 10.1. The SMILES string of the molecule is Fc1ccc(Oc2ccc3c(-c4ccccc4Cl)nncc3c2)cc1. The van der Waals surface area contributed by atoms with Gasteiger partial charge in [0.25, 0.3) is 0 Å². The molecule has 4 aromatic rings. The van der Waals surface area contributed by atoms with E-state index in [1.54, 1.807) is 18.3 Å². The third-order valence-corrected chi connectivity index (χ3v) is 4.14. The monoisotopic (exact) mass is 350 g/mol. The third kappa shape index (κ3) is 3.16. The molecule has 0 fully saturated rings. The predicted molar refractivity (Wildman–Crippen MR) is 96.5 cm³/mol. The fourth-order valence-electron chi connectivity index (χ4n) is 2.62. The van der Waals surface area contributed by atoms with Gasteiger partial charge in [-0.05, 0) is 48.5 Å². The highest BCUT2D eigenvalue weighted by molar-refractivity contribution is 6.33. The van der Waals surface area contributed by atoms with Crippen molar-refractivity contribution in [1.29, 1.82) is 0 Å². The summed E-state index contributed by atoms with van der Waals surface area (Å²) in [6, 6.07) is 19.0. The van der Waals surface area contributed by atoms with Crippen LogP contribution in [0.4, 0.5) is 4.39 Å². The number of hydrogen-bond donors (Lipinski definition) is 0. The van der Waals surface area contributed by atoms with Crippen LogP contribution < -0.4 is 4.74 Å². The molecule has 0 amide bonds. The van der Waals surface area contributed by atoms with Crippen LogP contribution in [-0.2, 0) is 0 Å².